The average Bonchev–Trinajstić information content (AvgIpc) is 3.56. The Labute approximate surface area is 209 Å². The van der Waals surface area contributed by atoms with Gasteiger partial charge in [-0.25, -0.2) is 4.39 Å². The molecule has 1 aromatic carbocycles. The lowest BCUT2D eigenvalue weighted by Gasteiger charge is -2.39. The third-order valence-electron chi connectivity index (χ3n) is 7.85. The third-order valence-corrected chi connectivity index (χ3v) is 9.12. The zero-order valence-electron chi connectivity index (χ0n) is 21.2. The lowest BCUT2D eigenvalue weighted by molar-refractivity contribution is 0.0797. The van der Waals surface area contributed by atoms with Crippen molar-refractivity contribution in [2.75, 3.05) is 26.2 Å². The Bertz CT molecular complexity index is 951. The van der Waals surface area contributed by atoms with Crippen LogP contribution in [-0.2, 0) is 0 Å². The number of hydrogen-bond donors (Lipinski definition) is 0. The minimum atomic E-state index is -0.0860. The van der Waals surface area contributed by atoms with Crippen molar-refractivity contribution < 1.29 is 9.18 Å². The zero-order valence-corrected chi connectivity index (χ0v) is 22.1. The van der Waals surface area contributed by atoms with E-state index in [9.17, 15) is 4.79 Å². The summed E-state index contributed by atoms with van der Waals surface area (Å²) in [5.74, 6) is 0.372. The second-order valence-corrected chi connectivity index (χ2v) is 11.0. The topological polar surface area (TPSA) is 23.6 Å². The molecule has 3 aliphatic rings. The van der Waals surface area contributed by atoms with Crippen LogP contribution in [0, 0.1) is 12.7 Å². The first-order valence-electron chi connectivity index (χ1n) is 13.5. The first-order chi connectivity index (χ1) is 16.6. The van der Waals surface area contributed by atoms with E-state index in [1.807, 2.05) is 37.8 Å². The average molecular weight is 485 g/mol. The predicted octanol–water partition coefficient (Wildman–Crippen LogP) is 7.64. The predicted molar refractivity (Wildman–Crippen MR) is 141 cm³/mol. The lowest BCUT2D eigenvalue weighted by Crippen LogP contribution is -2.42. The number of halogens is 1. The van der Waals surface area contributed by atoms with Crippen molar-refractivity contribution in [2.24, 2.45) is 0 Å². The Morgan fingerprint density at radius 3 is 2.24 bits per heavy atom. The number of carbonyl (C=O) groups is 1. The number of piperidine rings is 1. The molecular formula is C29H41FN2OS. The number of carbonyl (C=O) groups excluding carboxylic acids is 1. The largest absolute Gasteiger partial charge is 0.338 e. The molecule has 0 radical (unpaired) electrons. The van der Waals surface area contributed by atoms with Crippen LogP contribution in [0.15, 0.2) is 24.3 Å². The second kappa shape index (κ2) is 11.8. The van der Waals surface area contributed by atoms with Gasteiger partial charge in [-0.15, -0.1) is 11.3 Å². The van der Waals surface area contributed by atoms with Crippen molar-refractivity contribution in [3.05, 3.63) is 46.1 Å². The summed E-state index contributed by atoms with van der Waals surface area (Å²) in [5.41, 5.74) is 2.76. The highest BCUT2D eigenvalue weighted by atomic mass is 32.1. The number of hydrogen-bond acceptors (Lipinski definition) is 3. The summed E-state index contributed by atoms with van der Waals surface area (Å²) in [5, 5.41) is 0. The van der Waals surface area contributed by atoms with Crippen molar-refractivity contribution in [3.8, 4) is 10.4 Å². The maximum atomic E-state index is 15.2. The van der Waals surface area contributed by atoms with E-state index in [0.717, 1.165) is 84.3 Å². The molecule has 0 atom stereocenters. The minimum absolute atomic E-state index is 0.0860. The van der Waals surface area contributed by atoms with Crippen LogP contribution in [0.3, 0.4) is 0 Å². The van der Waals surface area contributed by atoms with Gasteiger partial charge in [0.2, 0.25) is 0 Å². The minimum Gasteiger partial charge on any atom is -0.338 e. The van der Waals surface area contributed by atoms with E-state index in [1.165, 1.54) is 43.4 Å². The van der Waals surface area contributed by atoms with Gasteiger partial charge >= 0.3 is 0 Å². The van der Waals surface area contributed by atoms with Crippen LogP contribution in [0.2, 0.25) is 0 Å². The van der Waals surface area contributed by atoms with Crippen LogP contribution in [-0.4, -0.2) is 47.9 Å². The summed E-state index contributed by atoms with van der Waals surface area (Å²) >= 11 is 1.51. The van der Waals surface area contributed by atoms with Gasteiger partial charge in [-0.1, -0.05) is 45.2 Å². The SMILES string of the molecule is CC.Cc1cc(-c2ccc(C3CCN(C4CCCCC4)CC3)c(F)c2)sc1C(=O)N1CCCC1. The molecule has 2 saturated heterocycles. The van der Waals surface area contributed by atoms with Gasteiger partial charge in [-0.3, -0.25) is 4.79 Å². The molecule has 0 spiro atoms. The molecule has 186 valence electrons. The maximum Gasteiger partial charge on any atom is 0.264 e. The molecule has 0 N–H and O–H groups in total. The van der Waals surface area contributed by atoms with Crippen molar-refractivity contribution in [1.82, 2.24) is 9.80 Å². The van der Waals surface area contributed by atoms with Crippen molar-refractivity contribution in [1.29, 1.82) is 0 Å². The fourth-order valence-electron chi connectivity index (χ4n) is 5.93. The molecule has 5 rings (SSSR count). The Morgan fingerprint density at radius 1 is 0.912 bits per heavy atom. The fourth-order valence-corrected chi connectivity index (χ4v) is 7.07. The summed E-state index contributed by atoms with van der Waals surface area (Å²) < 4.78 is 15.2. The maximum absolute atomic E-state index is 15.2. The van der Waals surface area contributed by atoms with Crippen LogP contribution >= 0.6 is 11.3 Å². The van der Waals surface area contributed by atoms with E-state index < -0.39 is 0 Å². The van der Waals surface area contributed by atoms with Gasteiger partial charge in [0.1, 0.15) is 5.82 Å². The van der Waals surface area contributed by atoms with Crippen LogP contribution < -0.4 is 0 Å². The van der Waals surface area contributed by atoms with Gasteiger partial charge in [0, 0.05) is 24.0 Å². The highest BCUT2D eigenvalue weighted by Gasteiger charge is 2.28. The normalized spacial score (nSPS) is 20.3. The summed E-state index contributed by atoms with van der Waals surface area (Å²) in [4.78, 5) is 19.2. The summed E-state index contributed by atoms with van der Waals surface area (Å²) in [6.07, 6.45) is 11.1. The van der Waals surface area contributed by atoms with Crippen molar-refractivity contribution in [3.63, 3.8) is 0 Å². The number of benzene rings is 1. The molecule has 1 amide bonds. The van der Waals surface area contributed by atoms with Gasteiger partial charge < -0.3 is 9.80 Å². The van der Waals surface area contributed by atoms with E-state index >= 15 is 4.39 Å². The molecule has 1 saturated carbocycles. The molecule has 2 aromatic rings. The molecule has 1 aromatic heterocycles. The van der Waals surface area contributed by atoms with Gasteiger partial charge in [0.15, 0.2) is 0 Å². The first kappa shape index (κ1) is 25.4. The zero-order chi connectivity index (χ0) is 24.1. The van der Waals surface area contributed by atoms with Gasteiger partial charge in [-0.05, 0) is 93.3 Å². The number of nitrogens with zero attached hydrogens (tertiary/aromatic N) is 2. The quantitative estimate of drug-likeness (QED) is 0.445. The molecular weight excluding hydrogens is 443 g/mol. The monoisotopic (exact) mass is 484 g/mol. The molecule has 0 unspecified atom stereocenters. The van der Waals surface area contributed by atoms with Crippen LogP contribution in [0.1, 0.15) is 98.4 Å². The molecule has 2 aliphatic heterocycles. The standard InChI is InChI=1S/C27H35FN2OS.C2H6/c1-19-17-25(32-26(19)27(31)30-13-5-6-14-30)21-9-10-23(24(28)18-21)20-11-15-29(16-12-20)22-7-3-2-4-8-22;1-2/h9-10,17-18,20,22H,2-8,11-16H2,1H3;1-2H3. The Balaban J connectivity index is 0.00000133. The molecule has 1 aliphatic carbocycles. The van der Waals surface area contributed by atoms with Crippen LogP contribution in [0.4, 0.5) is 4.39 Å². The van der Waals surface area contributed by atoms with Crippen LogP contribution in [0.5, 0.6) is 0 Å². The highest BCUT2D eigenvalue weighted by molar-refractivity contribution is 7.17. The Morgan fingerprint density at radius 2 is 1.59 bits per heavy atom. The van der Waals surface area contributed by atoms with Crippen LogP contribution in [0.25, 0.3) is 10.4 Å². The van der Waals surface area contributed by atoms with Gasteiger partial charge in [0.25, 0.3) is 5.91 Å². The molecule has 34 heavy (non-hydrogen) atoms. The van der Waals surface area contributed by atoms with E-state index in [4.69, 9.17) is 0 Å². The Hall–Kier alpha value is -1.72. The smallest absolute Gasteiger partial charge is 0.264 e. The first-order valence-corrected chi connectivity index (χ1v) is 14.4. The molecule has 3 fully saturated rings. The van der Waals surface area contributed by atoms with E-state index in [1.54, 1.807) is 6.07 Å². The third kappa shape index (κ3) is 5.57. The van der Waals surface area contributed by atoms with Gasteiger partial charge in [-0.2, -0.15) is 0 Å². The fraction of sp³-hybridized carbons (Fsp3) is 0.621. The number of rotatable bonds is 4. The number of likely N-dealkylation sites (tertiary alicyclic amines) is 2. The Kier molecular flexibility index (Phi) is 8.81. The summed E-state index contributed by atoms with van der Waals surface area (Å²) in [6, 6.07) is 8.56. The number of amides is 1. The van der Waals surface area contributed by atoms with Crippen molar-refractivity contribution in [2.45, 2.75) is 90.5 Å². The summed E-state index contributed by atoms with van der Waals surface area (Å²) in [7, 11) is 0. The molecule has 0 bridgehead atoms. The van der Waals surface area contributed by atoms with Gasteiger partial charge in [0.05, 0.1) is 4.88 Å². The number of aryl methyl sites for hydroxylation is 1. The molecule has 3 heterocycles. The summed E-state index contributed by atoms with van der Waals surface area (Å²) in [6.45, 7) is 9.90. The lowest BCUT2D eigenvalue weighted by atomic mass is 9.86. The van der Waals surface area contributed by atoms with E-state index in [2.05, 4.69) is 11.0 Å². The molecule has 3 nitrogen and oxygen atoms in total. The van der Waals surface area contributed by atoms with Crippen molar-refractivity contribution >= 4 is 17.2 Å². The number of thiophene rings is 1. The molecule has 5 heteroatoms. The second-order valence-electron chi connectivity index (χ2n) is 9.96. The highest BCUT2D eigenvalue weighted by Crippen LogP contribution is 2.37. The van der Waals surface area contributed by atoms with E-state index in [-0.39, 0.29) is 11.7 Å². The van der Waals surface area contributed by atoms with E-state index in [0.29, 0.717) is 5.92 Å².